The minimum atomic E-state index is -0.574. The first kappa shape index (κ1) is 15.6. The van der Waals surface area contributed by atoms with Crippen LogP contribution in [0.5, 0.6) is 5.75 Å². The van der Waals surface area contributed by atoms with Crippen molar-refractivity contribution in [1.82, 2.24) is 5.43 Å². The third-order valence-corrected chi connectivity index (χ3v) is 2.75. The molecule has 5 heteroatoms. The summed E-state index contributed by atoms with van der Waals surface area (Å²) in [5, 5.41) is 3.81. The molecule has 0 radical (unpaired) electrons. The number of carbonyl (C=O) groups excluding carboxylic acids is 1. The number of hydrogen-bond acceptors (Lipinski definition) is 4. The summed E-state index contributed by atoms with van der Waals surface area (Å²) in [7, 11) is 0. The fourth-order valence-corrected chi connectivity index (χ4v) is 1.75. The molecule has 0 heterocycles. The molecule has 0 aliphatic carbocycles. The zero-order valence-corrected chi connectivity index (χ0v) is 12.4. The first-order chi connectivity index (χ1) is 10.8. The highest BCUT2D eigenvalue weighted by molar-refractivity contribution is 5.81. The second-order valence-electron chi connectivity index (χ2n) is 4.44. The molecule has 2 aromatic rings. The quantitative estimate of drug-likeness (QED) is 0.657. The molecular formula is C17H18N2O3. The van der Waals surface area contributed by atoms with Gasteiger partial charge in [-0.25, -0.2) is 10.2 Å². The van der Waals surface area contributed by atoms with Crippen molar-refractivity contribution in [1.29, 1.82) is 0 Å². The Morgan fingerprint density at radius 2 is 2.00 bits per heavy atom. The summed E-state index contributed by atoms with van der Waals surface area (Å²) in [4.78, 5) is 11.1. The van der Waals surface area contributed by atoms with Crippen LogP contribution < -0.4 is 10.2 Å². The SMILES string of the molecule is CCOC(=O)N/N=C\c1cccc(OCc2ccccc2)c1. The van der Waals surface area contributed by atoms with Gasteiger partial charge in [0.2, 0.25) is 0 Å². The number of ether oxygens (including phenoxy) is 2. The molecule has 0 saturated heterocycles. The summed E-state index contributed by atoms with van der Waals surface area (Å²) >= 11 is 0. The molecule has 0 saturated carbocycles. The maximum absolute atomic E-state index is 11.1. The van der Waals surface area contributed by atoms with Gasteiger partial charge in [0.05, 0.1) is 12.8 Å². The topological polar surface area (TPSA) is 59.9 Å². The van der Waals surface area contributed by atoms with Crippen molar-refractivity contribution in [3.8, 4) is 5.75 Å². The average molecular weight is 298 g/mol. The minimum absolute atomic E-state index is 0.310. The Balaban J connectivity index is 1.89. The van der Waals surface area contributed by atoms with Gasteiger partial charge in [-0.2, -0.15) is 5.10 Å². The largest absolute Gasteiger partial charge is 0.489 e. The van der Waals surface area contributed by atoms with Crippen LogP contribution >= 0.6 is 0 Å². The van der Waals surface area contributed by atoms with Gasteiger partial charge in [0.1, 0.15) is 12.4 Å². The lowest BCUT2D eigenvalue weighted by Crippen LogP contribution is -2.18. The molecule has 0 aliphatic heterocycles. The van der Waals surface area contributed by atoms with Gasteiger partial charge >= 0.3 is 6.09 Å². The monoisotopic (exact) mass is 298 g/mol. The molecule has 0 aromatic heterocycles. The lowest BCUT2D eigenvalue weighted by molar-refractivity contribution is 0.152. The number of amides is 1. The van der Waals surface area contributed by atoms with Gasteiger partial charge in [0, 0.05) is 0 Å². The molecule has 2 aromatic carbocycles. The van der Waals surface area contributed by atoms with Crippen LogP contribution in [-0.4, -0.2) is 18.9 Å². The molecule has 0 bridgehead atoms. The summed E-state index contributed by atoms with van der Waals surface area (Å²) in [5.74, 6) is 0.740. The molecule has 0 unspecified atom stereocenters. The molecule has 2 rings (SSSR count). The van der Waals surface area contributed by atoms with Crippen LogP contribution in [-0.2, 0) is 11.3 Å². The van der Waals surface area contributed by atoms with E-state index in [0.29, 0.717) is 13.2 Å². The zero-order chi connectivity index (χ0) is 15.6. The van der Waals surface area contributed by atoms with E-state index in [4.69, 9.17) is 9.47 Å². The van der Waals surface area contributed by atoms with Crippen molar-refractivity contribution in [3.05, 3.63) is 65.7 Å². The van der Waals surface area contributed by atoms with Gasteiger partial charge in [0.25, 0.3) is 0 Å². The van der Waals surface area contributed by atoms with Crippen molar-refractivity contribution in [2.24, 2.45) is 5.10 Å². The molecule has 114 valence electrons. The van der Waals surface area contributed by atoms with Gasteiger partial charge < -0.3 is 9.47 Å². The summed E-state index contributed by atoms with van der Waals surface area (Å²) in [6.07, 6.45) is 0.960. The van der Waals surface area contributed by atoms with Crippen LogP contribution in [0.25, 0.3) is 0 Å². The van der Waals surface area contributed by atoms with Crippen molar-refractivity contribution in [3.63, 3.8) is 0 Å². The Labute approximate surface area is 129 Å². The number of carbonyl (C=O) groups is 1. The predicted molar refractivity (Wildman–Crippen MR) is 85.0 cm³/mol. The normalized spacial score (nSPS) is 10.4. The number of nitrogens with zero attached hydrogens (tertiary/aromatic N) is 1. The molecule has 5 nitrogen and oxygen atoms in total. The molecule has 0 atom stereocenters. The summed E-state index contributed by atoms with van der Waals surface area (Å²) in [6.45, 7) is 2.55. The van der Waals surface area contributed by atoms with Crippen molar-refractivity contribution < 1.29 is 14.3 Å². The van der Waals surface area contributed by atoms with Gasteiger partial charge in [-0.05, 0) is 30.2 Å². The van der Waals surface area contributed by atoms with Gasteiger partial charge in [-0.1, -0.05) is 42.5 Å². The fraction of sp³-hybridized carbons (Fsp3) is 0.176. The molecule has 1 N–H and O–H groups in total. The molecule has 22 heavy (non-hydrogen) atoms. The van der Waals surface area contributed by atoms with Crippen molar-refractivity contribution in [2.75, 3.05) is 6.61 Å². The highest BCUT2D eigenvalue weighted by Crippen LogP contribution is 2.14. The number of hydrogen-bond donors (Lipinski definition) is 1. The molecule has 1 amide bonds. The molecule has 0 fully saturated rings. The van der Waals surface area contributed by atoms with Crippen LogP contribution in [0.4, 0.5) is 4.79 Å². The minimum Gasteiger partial charge on any atom is -0.489 e. The Morgan fingerprint density at radius 3 is 2.77 bits per heavy atom. The maximum Gasteiger partial charge on any atom is 0.427 e. The second-order valence-corrected chi connectivity index (χ2v) is 4.44. The highest BCUT2D eigenvalue weighted by atomic mass is 16.5. The molecule has 0 aliphatic rings. The van der Waals surface area contributed by atoms with Crippen LogP contribution in [0.2, 0.25) is 0 Å². The average Bonchev–Trinajstić information content (AvgIpc) is 2.55. The molecule has 0 spiro atoms. The van der Waals surface area contributed by atoms with Crippen LogP contribution in [0, 0.1) is 0 Å². The van der Waals surface area contributed by atoms with E-state index in [2.05, 4.69) is 10.5 Å². The first-order valence-corrected chi connectivity index (χ1v) is 7.00. The Hall–Kier alpha value is -2.82. The van der Waals surface area contributed by atoms with Crippen molar-refractivity contribution in [2.45, 2.75) is 13.5 Å². The van der Waals surface area contributed by atoms with E-state index in [1.54, 1.807) is 6.92 Å². The summed E-state index contributed by atoms with van der Waals surface area (Å²) in [5.41, 5.74) is 4.20. The number of hydrazone groups is 1. The van der Waals surface area contributed by atoms with Crippen LogP contribution in [0.3, 0.4) is 0 Å². The van der Waals surface area contributed by atoms with Gasteiger partial charge in [-0.3, -0.25) is 0 Å². The number of benzene rings is 2. The van der Waals surface area contributed by atoms with E-state index in [1.807, 2.05) is 54.6 Å². The Bertz CT molecular complexity index is 627. The number of nitrogens with one attached hydrogen (secondary N) is 1. The Morgan fingerprint density at radius 1 is 1.18 bits per heavy atom. The second kappa shape index (κ2) is 8.46. The van der Waals surface area contributed by atoms with E-state index in [0.717, 1.165) is 16.9 Å². The standard InChI is InChI=1S/C17H18N2O3/c1-2-21-17(20)19-18-12-15-9-6-10-16(11-15)22-13-14-7-4-3-5-8-14/h3-12H,2,13H2,1H3,(H,19,20)/b18-12-. The van der Waals surface area contributed by atoms with E-state index >= 15 is 0 Å². The zero-order valence-electron chi connectivity index (χ0n) is 12.4. The lowest BCUT2D eigenvalue weighted by Gasteiger charge is -2.06. The van der Waals surface area contributed by atoms with Crippen molar-refractivity contribution >= 4 is 12.3 Å². The summed E-state index contributed by atoms with van der Waals surface area (Å²) < 4.78 is 10.4. The maximum atomic E-state index is 11.1. The third kappa shape index (κ3) is 5.28. The van der Waals surface area contributed by atoms with E-state index in [-0.39, 0.29) is 0 Å². The molecular weight excluding hydrogens is 280 g/mol. The predicted octanol–water partition coefficient (Wildman–Crippen LogP) is 3.35. The van der Waals surface area contributed by atoms with E-state index in [1.165, 1.54) is 6.21 Å². The Kier molecular flexibility index (Phi) is 5.99. The smallest absolute Gasteiger partial charge is 0.427 e. The number of rotatable bonds is 6. The third-order valence-electron chi connectivity index (χ3n) is 2.75. The van der Waals surface area contributed by atoms with Crippen LogP contribution in [0.1, 0.15) is 18.1 Å². The lowest BCUT2D eigenvalue weighted by atomic mass is 10.2. The van der Waals surface area contributed by atoms with Gasteiger partial charge in [-0.15, -0.1) is 0 Å². The van der Waals surface area contributed by atoms with E-state index in [9.17, 15) is 4.79 Å². The van der Waals surface area contributed by atoms with Crippen LogP contribution in [0.15, 0.2) is 59.7 Å². The fourth-order valence-electron chi connectivity index (χ4n) is 1.75. The van der Waals surface area contributed by atoms with Gasteiger partial charge in [0.15, 0.2) is 0 Å². The first-order valence-electron chi connectivity index (χ1n) is 7.00. The van der Waals surface area contributed by atoms with E-state index < -0.39 is 6.09 Å². The summed E-state index contributed by atoms with van der Waals surface area (Å²) in [6, 6.07) is 17.4. The highest BCUT2D eigenvalue weighted by Gasteiger charge is 1.98.